The molecular formula is C15H28N2O2. The lowest BCUT2D eigenvalue weighted by molar-refractivity contribution is 0.161. The number of allylic oxidation sites excluding steroid dienone is 1. The molecule has 0 spiro atoms. The summed E-state index contributed by atoms with van der Waals surface area (Å²) in [6.07, 6.45) is 7.92. The molecule has 0 aromatic rings. The number of amides is 2. The number of hydrogen-bond donors (Lipinski definition) is 2. The number of rotatable bonds is 5. The Morgan fingerprint density at radius 1 is 1.42 bits per heavy atom. The van der Waals surface area contributed by atoms with Gasteiger partial charge in [-0.3, -0.25) is 0 Å². The maximum Gasteiger partial charge on any atom is 0.317 e. The zero-order valence-electron chi connectivity index (χ0n) is 12.5. The van der Waals surface area contributed by atoms with Gasteiger partial charge in [0.25, 0.3) is 0 Å². The van der Waals surface area contributed by atoms with Crippen LogP contribution in [0.2, 0.25) is 0 Å². The molecule has 0 bridgehead atoms. The van der Waals surface area contributed by atoms with Crippen molar-refractivity contribution >= 4 is 6.03 Å². The van der Waals surface area contributed by atoms with Gasteiger partial charge in [0, 0.05) is 25.7 Å². The third-order valence-electron chi connectivity index (χ3n) is 3.14. The highest BCUT2D eigenvalue weighted by atomic mass is 16.3. The summed E-state index contributed by atoms with van der Waals surface area (Å²) in [6.45, 7) is 7.81. The fourth-order valence-electron chi connectivity index (χ4n) is 2.28. The molecule has 0 saturated heterocycles. The summed E-state index contributed by atoms with van der Waals surface area (Å²) < 4.78 is 0. The molecule has 110 valence electrons. The van der Waals surface area contributed by atoms with Crippen LogP contribution in [-0.2, 0) is 0 Å². The highest BCUT2D eigenvalue weighted by Gasteiger charge is 2.22. The van der Waals surface area contributed by atoms with Gasteiger partial charge in [-0.05, 0) is 31.1 Å². The van der Waals surface area contributed by atoms with E-state index in [9.17, 15) is 4.79 Å². The lowest BCUT2D eigenvalue weighted by Crippen LogP contribution is -2.48. The summed E-state index contributed by atoms with van der Waals surface area (Å²) in [5.74, 6) is 0. The lowest BCUT2D eigenvalue weighted by Gasteiger charge is -2.32. The van der Waals surface area contributed by atoms with Crippen molar-refractivity contribution in [1.29, 1.82) is 0 Å². The van der Waals surface area contributed by atoms with Crippen LogP contribution in [-0.4, -0.2) is 41.8 Å². The van der Waals surface area contributed by atoms with Gasteiger partial charge in [0.15, 0.2) is 0 Å². The Labute approximate surface area is 116 Å². The van der Waals surface area contributed by atoms with E-state index in [1.807, 2.05) is 4.90 Å². The van der Waals surface area contributed by atoms with Crippen LogP contribution in [0.3, 0.4) is 0 Å². The molecule has 0 aromatic carbocycles. The van der Waals surface area contributed by atoms with Crippen molar-refractivity contribution in [3.05, 3.63) is 12.2 Å². The molecule has 0 radical (unpaired) electrons. The van der Waals surface area contributed by atoms with Crippen molar-refractivity contribution < 1.29 is 9.90 Å². The maximum atomic E-state index is 12.3. The van der Waals surface area contributed by atoms with E-state index in [-0.39, 0.29) is 24.1 Å². The van der Waals surface area contributed by atoms with Crippen molar-refractivity contribution in [2.45, 2.75) is 52.5 Å². The molecule has 0 aliphatic heterocycles. The second-order valence-electron chi connectivity index (χ2n) is 6.49. The van der Waals surface area contributed by atoms with Crippen LogP contribution in [0.25, 0.3) is 0 Å². The highest BCUT2D eigenvalue weighted by molar-refractivity contribution is 5.74. The quantitative estimate of drug-likeness (QED) is 0.753. The number of carbonyl (C=O) groups excluding carboxylic acids is 1. The van der Waals surface area contributed by atoms with E-state index in [1.165, 1.54) is 0 Å². The van der Waals surface area contributed by atoms with Crippen LogP contribution >= 0.6 is 0 Å². The molecule has 2 amide bonds. The SMILES string of the molecule is CC(C)(C)CN(CCCO)C(=O)NC1CC=CCC1. The van der Waals surface area contributed by atoms with Crippen molar-refractivity contribution in [3.63, 3.8) is 0 Å². The molecule has 2 N–H and O–H groups in total. The Kier molecular flexibility index (Phi) is 6.35. The van der Waals surface area contributed by atoms with E-state index < -0.39 is 0 Å². The Morgan fingerprint density at radius 2 is 2.16 bits per heavy atom. The normalized spacial score (nSPS) is 19.3. The molecule has 0 saturated carbocycles. The first-order chi connectivity index (χ1) is 8.92. The topological polar surface area (TPSA) is 52.6 Å². The number of hydrogen-bond acceptors (Lipinski definition) is 2. The number of urea groups is 1. The second-order valence-corrected chi connectivity index (χ2v) is 6.49. The number of aliphatic hydroxyl groups excluding tert-OH is 1. The average Bonchev–Trinajstić information content (AvgIpc) is 2.34. The monoisotopic (exact) mass is 268 g/mol. The van der Waals surface area contributed by atoms with Crippen LogP contribution in [0.1, 0.15) is 46.5 Å². The van der Waals surface area contributed by atoms with Crippen molar-refractivity contribution in [2.24, 2.45) is 5.41 Å². The highest BCUT2D eigenvalue weighted by Crippen LogP contribution is 2.16. The van der Waals surface area contributed by atoms with Gasteiger partial charge in [-0.2, -0.15) is 0 Å². The van der Waals surface area contributed by atoms with Crippen LogP contribution in [0.5, 0.6) is 0 Å². The summed E-state index contributed by atoms with van der Waals surface area (Å²) in [5.41, 5.74) is 0.0687. The van der Waals surface area contributed by atoms with Crippen molar-refractivity contribution in [2.75, 3.05) is 19.7 Å². The predicted octanol–water partition coefficient (Wildman–Crippen LogP) is 2.54. The molecule has 1 rings (SSSR count). The van der Waals surface area contributed by atoms with Crippen LogP contribution in [0.15, 0.2) is 12.2 Å². The molecule has 4 heteroatoms. The fraction of sp³-hybridized carbons (Fsp3) is 0.800. The Hall–Kier alpha value is -1.03. The van der Waals surface area contributed by atoms with Gasteiger partial charge in [-0.15, -0.1) is 0 Å². The van der Waals surface area contributed by atoms with E-state index in [1.54, 1.807) is 0 Å². The van der Waals surface area contributed by atoms with Gasteiger partial charge in [-0.1, -0.05) is 32.9 Å². The number of carbonyl (C=O) groups is 1. The van der Waals surface area contributed by atoms with Crippen LogP contribution in [0.4, 0.5) is 4.79 Å². The minimum Gasteiger partial charge on any atom is -0.396 e. The summed E-state index contributed by atoms with van der Waals surface area (Å²) in [4.78, 5) is 14.1. The molecule has 4 nitrogen and oxygen atoms in total. The van der Waals surface area contributed by atoms with Gasteiger partial charge < -0.3 is 15.3 Å². The molecular weight excluding hydrogens is 240 g/mol. The zero-order valence-corrected chi connectivity index (χ0v) is 12.5. The minimum atomic E-state index is 0.00340. The van der Waals surface area contributed by atoms with Crippen molar-refractivity contribution in [3.8, 4) is 0 Å². The fourth-order valence-corrected chi connectivity index (χ4v) is 2.28. The van der Waals surface area contributed by atoms with Crippen molar-refractivity contribution in [1.82, 2.24) is 10.2 Å². The molecule has 0 heterocycles. The molecule has 1 unspecified atom stereocenters. The van der Waals surface area contributed by atoms with Gasteiger partial charge in [-0.25, -0.2) is 4.79 Å². The number of nitrogens with one attached hydrogen (secondary N) is 1. The molecule has 0 fully saturated rings. The Bertz CT molecular complexity index is 308. The summed E-state index contributed by atoms with van der Waals surface area (Å²) in [7, 11) is 0. The first kappa shape index (κ1) is 16.0. The van der Waals surface area contributed by atoms with E-state index in [0.717, 1.165) is 19.3 Å². The largest absolute Gasteiger partial charge is 0.396 e. The second kappa shape index (κ2) is 7.53. The van der Waals surface area contributed by atoms with E-state index in [4.69, 9.17) is 5.11 Å². The van der Waals surface area contributed by atoms with Gasteiger partial charge in [0.1, 0.15) is 0 Å². The first-order valence-corrected chi connectivity index (χ1v) is 7.23. The average molecular weight is 268 g/mol. The standard InChI is InChI=1S/C15H28N2O2/c1-15(2,3)12-17(10-7-11-18)14(19)16-13-8-5-4-6-9-13/h4-5,13,18H,6-12H2,1-3H3,(H,16,19). The summed E-state index contributed by atoms with van der Waals surface area (Å²) >= 11 is 0. The van der Waals surface area contributed by atoms with Gasteiger partial charge in [0.05, 0.1) is 0 Å². The first-order valence-electron chi connectivity index (χ1n) is 7.23. The maximum absolute atomic E-state index is 12.3. The summed E-state index contributed by atoms with van der Waals surface area (Å²) in [6, 6.07) is 0.262. The molecule has 1 aliphatic carbocycles. The summed E-state index contributed by atoms with van der Waals surface area (Å²) in [5, 5.41) is 12.1. The number of nitrogens with zero attached hydrogens (tertiary/aromatic N) is 1. The third-order valence-corrected chi connectivity index (χ3v) is 3.14. The van der Waals surface area contributed by atoms with Gasteiger partial charge in [0.2, 0.25) is 0 Å². The zero-order chi connectivity index (χ0) is 14.3. The van der Waals surface area contributed by atoms with E-state index >= 15 is 0 Å². The smallest absolute Gasteiger partial charge is 0.317 e. The van der Waals surface area contributed by atoms with Crippen LogP contribution in [0, 0.1) is 5.41 Å². The minimum absolute atomic E-state index is 0.00340. The number of aliphatic hydroxyl groups is 1. The third kappa shape index (κ3) is 6.62. The van der Waals surface area contributed by atoms with E-state index in [2.05, 4.69) is 38.2 Å². The Morgan fingerprint density at radius 3 is 2.68 bits per heavy atom. The predicted molar refractivity (Wildman–Crippen MR) is 78.0 cm³/mol. The Balaban J connectivity index is 2.52. The molecule has 0 aromatic heterocycles. The lowest BCUT2D eigenvalue weighted by atomic mass is 9.96. The molecule has 19 heavy (non-hydrogen) atoms. The molecule has 1 aliphatic rings. The van der Waals surface area contributed by atoms with E-state index in [0.29, 0.717) is 19.5 Å². The molecule has 1 atom stereocenters. The van der Waals surface area contributed by atoms with Gasteiger partial charge >= 0.3 is 6.03 Å². The van der Waals surface area contributed by atoms with Crippen LogP contribution < -0.4 is 5.32 Å².